The molecular formula is C20H23NO. The van der Waals surface area contributed by atoms with Crippen molar-refractivity contribution in [3.05, 3.63) is 64.7 Å². The van der Waals surface area contributed by atoms with Crippen molar-refractivity contribution in [3.63, 3.8) is 0 Å². The lowest BCUT2D eigenvalue weighted by atomic mass is 9.90. The van der Waals surface area contributed by atoms with Crippen molar-refractivity contribution < 1.29 is 4.74 Å². The molecule has 22 heavy (non-hydrogen) atoms. The minimum atomic E-state index is -0.156. The van der Waals surface area contributed by atoms with Crippen LogP contribution in [0.4, 0.5) is 0 Å². The molecule has 0 aliphatic rings. The number of rotatable bonds is 5. The Balaban J connectivity index is 2.32. The molecule has 1 unspecified atom stereocenters. The predicted molar refractivity (Wildman–Crippen MR) is 90.3 cm³/mol. The average Bonchev–Trinajstić information content (AvgIpc) is 2.53. The first-order valence-electron chi connectivity index (χ1n) is 7.68. The molecular weight excluding hydrogens is 270 g/mol. The van der Waals surface area contributed by atoms with Crippen LogP contribution in [0, 0.1) is 18.3 Å². The fraction of sp³-hybridized carbons (Fsp3) is 0.350. The van der Waals surface area contributed by atoms with Crippen LogP contribution in [-0.4, -0.2) is 7.11 Å². The molecule has 0 saturated carbocycles. The number of ether oxygens (including phenoxy) is 1. The Morgan fingerprint density at radius 1 is 1.05 bits per heavy atom. The monoisotopic (exact) mass is 293 g/mol. The van der Waals surface area contributed by atoms with E-state index in [1.165, 1.54) is 11.1 Å². The molecule has 0 radical (unpaired) electrons. The van der Waals surface area contributed by atoms with E-state index < -0.39 is 0 Å². The quantitative estimate of drug-likeness (QED) is 0.779. The van der Waals surface area contributed by atoms with Gasteiger partial charge in [0.1, 0.15) is 5.75 Å². The molecule has 0 aliphatic heterocycles. The van der Waals surface area contributed by atoms with Crippen LogP contribution in [0.15, 0.2) is 42.5 Å². The van der Waals surface area contributed by atoms with Crippen LogP contribution in [0.2, 0.25) is 0 Å². The molecule has 2 heteroatoms. The van der Waals surface area contributed by atoms with Crippen molar-refractivity contribution in [1.82, 2.24) is 0 Å². The van der Waals surface area contributed by atoms with Gasteiger partial charge in [-0.2, -0.15) is 5.26 Å². The lowest BCUT2D eigenvalue weighted by Gasteiger charge is -2.15. The van der Waals surface area contributed by atoms with E-state index in [1.807, 2.05) is 18.2 Å². The summed E-state index contributed by atoms with van der Waals surface area (Å²) >= 11 is 0. The number of nitriles is 1. The summed E-state index contributed by atoms with van der Waals surface area (Å²) in [5, 5.41) is 9.56. The number of aryl methyl sites for hydroxylation is 1. The van der Waals surface area contributed by atoms with E-state index in [-0.39, 0.29) is 5.92 Å². The first kappa shape index (κ1) is 16.1. The van der Waals surface area contributed by atoms with E-state index in [4.69, 9.17) is 4.74 Å². The van der Waals surface area contributed by atoms with E-state index in [0.717, 1.165) is 16.9 Å². The Labute approximate surface area is 133 Å². The zero-order chi connectivity index (χ0) is 16.1. The van der Waals surface area contributed by atoms with E-state index in [9.17, 15) is 5.26 Å². The fourth-order valence-corrected chi connectivity index (χ4v) is 2.57. The van der Waals surface area contributed by atoms with Crippen LogP contribution in [0.1, 0.15) is 47.9 Å². The van der Waals surface area contributed by atoms with Crippen molar-refractivity contribution in [2.45, 2.75) is 39.0 Å². The van der Waals surface area contributed by atoms with E-state index in [1.54, 1.807) is 7.11 Å². The molecule has 0 saturated heterocycles. The molecule has 1 atom stereocenters. The molecule has 0 heterocycles. The Bertz CT molecular complexity index is 665. The molecule has 2 rings (SSSR count). The number of nitrogens with zero attached hydrogens (tertiary/aromatic N) is 1. The second-order valence-electron chi connectivity index (χ2n) is 6.02. The lowest BCUT2D eigenvalue weighted by Crippen LogP contribution is -2.03. The molecule has 2 nitrogen and oxygen atoms in total. The maximum absolute atomic E-state index is 9.56. The van der Waals surface area contributed by atoms with Gasteiger partial charge in [0.15, 0.2) is 0 Å². The number of methoxy groups -OCH3 is 1. The zero-order valence-electron chi connectivity index (χ0n) is 13.8. The molecule has 0 N–H and O–H groups in total. The second kappa shape index (κ2) is 7.13. The van der Waals surface area contributed by atoms with Crippen molar-refractivity contribution in [1.29, 1.82) is 5.26 Å². The molecule has 0 spiro atoms. The first-order valence-corrected chi connectivity index (χ1v) is 7.68. The predicted octanol–water partition coefficient (Wildman–Crippen LogP) is 4.98. The highest BCUT2D eigenvalue weighted by Crippen LogP contribution is 2.29. The SMILES string of the molecule is COc1ccc(C(C)C)cc1CC(C#N)c1ccc(C)cc1. The van der Waals surface area contributed by atoms with Crippen molar-refractivity contribution in [3.8, 4) is 11.8 Å². The summed E-state index contributed by atoms with van der Waals surface area (Å²) in [5.74, 6) is 1.17. The highest BCUT2D eigenvalue weighted by atomic mass is 16.5. The molecule has 0 amide bonds. The van der Waals surface area contributed by atoms with Gasteiger partial charge in [-0.1, -0.05) is 55.8 Å². The van der Waals surface area contributed by atoms with Crippen LogP contribution < -0.4 is 4.74 Å². The normalized spacial score (nSPS) is 12.0. The van der Waals surface area contributed by atoms with Gasteiger partial charge < -0.3 is 4.74 Å². The lowest BCUT2D eigenvalue weighted by molar-refractivity contribution is 0.408. The van der Waals surface area contributed by atoms with Gasteiger partial charge in [0.05, 0.1) is 19.1 Å². The summed E-state index contributed by atoms with van der Waals surface area (Å²) < 4.78 is 5.47. The Hall–Kier alpha value is -2.27. The Morgan fingerprint density at radius 3 is 2.23 bits per heavy atom. The third-order valence-corrected chi connectivity index (χ3v) is 4.03. The Morgan fingerprint density at radius 2 is 1.68 bits per heavy atom. The third kappa shape index (κ3) is 3.68. The van der Waals surface area contributed by atoms with E-state index >= 15 is 0 Å². The van der Waals surface area contributed by atoms with Gasteiger partial charge in [-0.3, -0.25) is 0 Å². The third-order valence-electron chi connectivity index (χ3n) is 4.03. The molecule has 0 aliphatic carbocycles. The largest absolute Gasteiger partial charge is 0.496 e. The minimum absolute atomic E-state index is 0.156. The van der Waals surface area contributed by atoms with E-state index in [0.29, 0.717) is 12.3 Å². The Kier molecular flexibility index (Phi) is 5.22. The molecule has 0 aromatic heterocycles. The topological polar surface area (TPSA) is 33.0 Å². The van der Waals surface area contributed by atoms with E-state index in [2.05, 4.69) is 51.1 Å². The van der Waals surface area contributed by atoms with Crippen LogP contribution >= 0.6 is 0 Å². The zero-order valence-corrected chi connectivity index (χ0v) is 13.8. The molecule has 0 fully saturated rings. The van der Waals surface area contributed by atoms with Crippen LogP contribution in [0.5, 0.6) is 5.75 Å². The van der Waals surface area contributed by atoms with Crippen LogP contribution in [0.3, 0.4) is 0 Å². The highest BCUT2D eigenvalue weighted by Gasteiger charge is 2.15. The molecule has 0 bridgehead atoms. The van der Waals surface area contributed by atoms with Gasteiger partial charge in [0.25, 0.3) is 0 Å². The standard InChI is InChI=1S/C20H23NO/c1-14(2)17-9-10-20(22-4)18(11-17)12-19(13-21)16-7-5-15(3)6-8-16/h5-11,14,19H,12H2,1-4H3. The van der Waals surface area contributed by atoms with Gasteiger partial charge in [0.2, 0.25) is 0 Å². The maximum Gasteiger partial charge on any atom is 0.122 e. The summed E-state index contributed by atoms with van der Waals surface area (Å²) in [6, 6.07) is 16.9. The van der Waals surface area contributed by atoms with Crippen LogP contribution in [0.25, 0.3) is 0 Å². The molecule has 2 aromatic carbocycles. The van der Waals surface area contributed by atoms with Gasteiger partial charge in [-0.25, -0.2) is 0 Å². The van der Waals surface area contributed by atoms with Gasteiger partial charge >= 0.3 is 0 Å². The second-order valence-corrected chi connectivity index (χ2v) is 6.02. The summed E-state index contributed by atoms with van der Waals surface area (Å²) in [5.41, 5.74) is 4.64. The van der Waals surface area contributed by atoms with Gasteiger partial charge in [-0.15, -0.1) is 0 Å². The first-order chi connectivity index (χ1) is 10.5. The van der Waals surface area contributed by atoms with Gasteiger partial charge in [-0.05, 0) is 42.0 Å². The fourth-order valence-electron chi connectivity index (χ4n) is 2.57. The van der Waals surface area contributed by atoms with Gasteiger partial charge in [0, 0.05) is 0 Å². The number of benzene rings is 2. The average molecular weight is 293 g/mol. The summed E-state index contributed by atoms with van der Waals surface area (Å²) in [6.45, 7) is 6.40. The van der Waals surface area contributed by atoms with Crippen LogP contribution in [-0.2, 0) is 6.42 Å². The maximum atomic E-state index is 9.56. The van der Waals surface area contributed by atoms with Crippen molar-refractivity contribution in [2.24, 2.45) is 0 Å². The smallest absolute Gasteiger partial charge is 0.122 e. The number of hydrogen-bond donors (Lipinski definition) is 0. The summed E-state index contributed by atoms with van der Waals surface area (Å²) in [6.07, 6.45) is 0.670. The molecule has 2 aromatic rings. The highest BCUT2D eigenvalue weighted by molar-refractivity contribution is 5.41. The molecule has 114 valence electrons. The van der Waals surface area contributed by atoms with Crippen molar-refractivity contribution >= 4 is 0 Å². The number of hydrogen-bond acceptors (Lipinski definition) is 2. The minimum Gasteiger partial charge on any atom is -0.496 e. The summed E-state index contributed by atoms with van der Waals surface area (Å²) in [4.78, 5) is 0. The summed E-state index contributed by atoms with van der Waals surface area (Å²) in [7, 11) is 1.68. The van der Waals surface area contributed by atoms with Crippen molar-refractivity contribution in [2.75, 3.05) is 7.11 Å².